The molecule has 1 aromatic rings. The lowest BCUT2D eigenvalue weighted by molar-refractivity contribution is 0.124. The molecule has 1 saturated heterocycles. The first-order valence-corrected chi connectivity index (χ1v) is 8.84. The van der Waals surface area contributed by atoms with E-state index in [0.717, 1.165) is 19.0 Å². The SMILES string of the molecule is CCCCCCN1CC(Cc2ccccc2)NCC1CC. The van der Waals surface area contributed by atoms with Gasteiger partial charge in [-0.1, -0.05) is 63.4 Å². The molecule has 0 amide bonds. The molecule has 0 saturated carbocycles. The molecule has 2 rings (SSSR count). The van der Waals surface area contributed by atoms with Gasteiger partial charge in [0.25, 0.3) is 0 Å². The first-order valence-electron chi connectivity index (χ1n) is 8.84. The largest absolute Gasteiger partial charge is 0.311 e. The molecule has 2 atom stereocenters. The predicted octanol–water partition coefficient (Wildman–Crippen LogP) is 3.86. The second-order valence-corrected chi connectivity index (χ2v) is 6.41. The van der Waals surface area contributed by atoms with E-state index in [1.54, 1.807) is 0 Å². The Morgan fingerprint density at radius 2 is 1.90 bits per heavy atom. The molecule has 1 aromatic carbocycles. The zero-order valence-electron chi connectivity index (χ0n) is 13.9. The van der Waals surface area contributed by atoms with Crippen LogP contribution in [0.15, 0.2) is 30.3 Å². The minimum Gasteiger partial charge on any atom is -0.311 e. The summed E-state index contributed by atoms with van der Waals surface area (Å²) in [4.78, 5) is 2.74. The summed E-state index contributed by atoms with van der Waals surface area (Å²) in [7, 11) is 0. The second kappa shape index (κ2) is 9.22. The lowest BCUT2D eigenvalue weighted by Crippen LogP contribution is -2.57. The molecule has 21 heavy (non-hydrogen) atoms. The summed E-state index contributed by atoms with van der Waals surface area (Å²) >= 11 is 0. The maximum Gasteiger partial charge on any atom is 0.0236 e. The number of benzene rings is 1. The molecule has 0 bridgehead atoms. The highest BCUT2D eigenvalue weighted by Gasteiger charge is 2.26. The Balaban J connectivity index is 1.82. The first-order chi connectivity index (χ1) is 10.3. The molecule has 2 heteroatoms. The standard InChI is InChI=1S/C19H32N2/c1-3-5-6-10-13-21-16-18(20-15-19(21)4-2)14-17-11-8-7-9-12-17/h7-9,11-12,18-20H,3-6,10,13-16H2,1-2H3. The normalized spacial score (nSPS) is 23.3. The van der Waals surface area contributed by atoms with Crippen molar-refractivity contribution in [2.24, 2.45) is 0 Å². The van der Waals surface area contributed by atoms with Gasteiger partial charge >= 0.3 is 0 Å². The summed E-state index contributed by atoms with van der Waals surface area (Å²) in [5.41, 5.74) is 1.45. The van der Waals surface area contributed by atoms with Gasteiger partial charge in [0.15, 0.2) is 0 Å². The Bertz CT molecular complexity index is 376. The van der Waals surface area contributed by atoms with Crippen LogP contribution in [0, 0.1) is 0 Å². The summed E-state index contributed by atoms with van der Waals surface area (Å²) in [5.74, 6) is 0. The van der Waals surface area contributed by atoms with Gasteiger partial charge in [0.2, 0.25) is 0 Å². The Hall–Kier alpha value is -0.860. The number of piperazine rings is 1. The molecule has 0 spiro atoms. The van der Waals surface area contributed by atoms with Crippen molar-refractivity contribution < 1.29 is 0 Å². The third-order valence-corrected chi connectivity index (χ3v) is 4.71. The van der Waals surface area contributed by atoms with Crippen molar-refractivity contribution in [1.29, 1.82) is 0 Å². The molecule has 118 valence electrons. The van der Waals surface area contributed by atoms with Gasteiger partial charge in [-0.05, 0) is 31.4 Å². The van der Waals surface area contributed by atoms with Crippen LogP contribution in [-0.4, -0.2) is 36.6 Å². The van der Waals surface area contributed by atoms with Crippen LogP contribution in [0.4, 0.5) is 0 Å². The van der Waals surface area contributed by atoms with Crippen molar-refractivity contribution >= 4 is 0 Å². The van der Waals surface area contributed by atoms with Crippen LogP contribution in [0.5, 0.6) is 0 Å². The van der Waals surface area contributed by atoms with Gasteiger partial charge in [0, 0.05) is 25.2 Å². The number of rotatable bonds is 8. The van der Waals surface area contributed by atoms with Gasteiger partial charge in [0.1, 0.15) is 0 Å². The molecular formula is C19H32N2. The maximum absolute atomic E-state index is 3.76. The predicted molar refractivity (Wildman–Crippen MR) is 91.7 cm³/mol. The molecule has 1 aliphatic rings. The topological polar surface area (TPSA) is 15.3 Å². The number of nitrogens with one attached hydrogen (secondary N) is 1. The molecule has 2 nitrogen and oxygen atoms in total. The highest BCUT2D eigenvalue weighted by Crippen LogP contribution is 2.15. The molecule has 1 N–H and O–H groups in total. The number of hydrogen-bond donors (Lipinski definition) is 1. The lowest BCUT2D eigenvalue weighted by Gasteiger charge is -2.40. The van der Waals surface area contributed by atoms with Crippen LogP contribution < -0.4 is 5.32 Å². The number of hydrogen-bond acceptors (Lipinski definition) is 2. The quantitative estimate of drug-likeness (QED) is 0.731. The van der Waals surface area contributed by atoms with E-state index in [9.17, 15) is 0 Å². The zero-order chi connectivity index (χ0) is 14.9. The summed E-state index contributed by atoms with van der Waals surface area (Å²) in [5, 5.41) is 3.76. The Labute approximate surface area is 130 Å². The van der Waals surface area contributed by atoms with Crippen LogP contribution in [-0.2, 0) is 6.42 Å². The maximum atomic E-state index is 3.76. The van der Waals surface area contributed by atoms with Crippen LogP contribution >= 0.6 is 0 Å². The van der Waals surface area contributed by atoms with Crippen LogP contribution in [0.1, 0.15) is 51.5 Å². The zero-order valence-corrected chi connectivity index (χ0v) is 13.9. The van der Waals surface area contributed by atoms with E-state index < -0.39 is 0 Å². The smallest absolute Gasteiger partial charge is 0.0236 e. The third kappa shape index (κ3) is 5.44. The highest BCUT2D eigenvalue weighted by molar-refractivity contribution is 5.16. The van der Waals surface area contributed by atoms with Gasteiger partial charge in [-0.3, -0.25) is 4.90 Å². The van der Waals surface area contributed by atoms with E-state index in [1.165, 1.54) is 50.8 Å². The van der Waals surface area contributed by atoms with Gasteiger partial charge in [0.05, 0.1) is 0 Å². The highest BCUT2D eigenvalue weighted by atomic mass is 15.2. The van der Waals surface area contributed by atoms with Crippen molar-refractivity contribution in [2.75, 3.05) is 19.6 Å². The monoisotopic (exact) mass is 288 g/mol. The third-order valence-electron chi connectivity index (χ3n) is 4.71. The van der Waals surface area contributed by atoms with Crippen molar-refractivity contribution in [2.45, 2.75) is 64.5 Å². The molecular weight excluding hydrogens is 256 g/mol. The van der Waals surface area contributed by atoms with Crippen LogP contribution in [0.2, 0.25) is 0 Å². The molecule has 2 unspecified atom stereocenters. The second-order valence-electron chi connectivity index (χ2n) is 6.41. The van der Waals surface area contributed by atoms with E-state index >= 15 is 0 Å². The fourth-order valence-electron chi connectivity index (χ4n) is 3.38. The minimum absolute atomic E-state index is 0.612. The Morgan fingerprint density at radius 3 is 2.62 bits per heavy atom. The van der Waals surface area contributed by atoms with E-state index in [0.29, 0.717) is 6.04 Å². The first kappa shape index (κ1) is 16.5. The van der Waals surface area contributed by atoms with Gasteiger partial charge < -0.3 is 5.32 Å². The van der Waals surface area contributed by atoms with E-state index in [2.05, 4.69) is 54.4 Å². The molecule has 1 aliphatic heterocycles. The molecule has 0 aromatic heterocycles. The fourth-order valence-corrected chi connectivity index (χ4v) is 3.38. The van der Waals surface area contributed by atoms with Crippen molar-refractivity contribution in [3.63, 3.8) is 0 Å². The van der Waals surface area contributed by atoms with E-state index in [4.69, 9.17) is 0 Å². The Morgan fingerprint density at radius 1 is 1.10 bits per heavy atom. The average molecular weight is 288 g/mol. The minimum atomic E-state index is 0.612. The summed E-state index contributed by atoms with van der Waals surface area (Å²) in [6, 6.07) is 12.2. The van der Waals surface area contributed by atoms with Crippen LogP contribution in [0.3, 0.4) is 0 Å². The fraction of sp³-hybridized carbons (Fsp3) is 0.684. The van der Waals surface area contributed by atoms with Gasteiger partial charge in [-0.15, -0.1) is 0 Å². The summed E-state index contributed by atoms with van der Waals surface area (Å²) in [6.45, 7) is 8.26. The summed E-state index contributed by atoms with van der Waals surface area (Å²) in [6.07, 6.45) is 7.88. The average Bonchev–Trinajstić information content (AvgIpc) is 2.53. The van der Waals surface area contributed by atoms with Crippen LogP contribution in [0.25, 0.3) is 0 Å². The van der Waals surface area contributed by atoms with Crippen molar-refractivity contribution in [3.05, 3.63) is 35.9 Å². The molecule has 0 radical (unpaired) electrons. The van der Waals surface area contributed by atoms with Crippen molar-refractivity contribution in [1.82, 2.24) is 10.2 Å². The molecule has 1 fully saturated rings. The summed E-state index contributed by atoms with van der Waals surface area (Å²) < 4.78 is 0. The number of unbranched alkanes of at least 4 members (excludes halogenated alkanes) is 3. The van der Waals surface area contributed by atoms with Gasteiger partial charge in [-0.25, -0.2) is 0 Å². The lowest BCUT2D eigenvalue weighted by atomic mass is 10.00. The number of nitrogens with zero attached hydrogens (tertiary/aromatic N) is 1. The Kier molecular flexibility index (Phi) is 7.25. The molecule has 1 heterocycles. The van der Waals surface area contributed by atoms with Gasteiger partial charge in [-0.2, -0.15) is 0 Å². The van der Waals surface area contributed by atoms with E-state index in [1.807, 2.05) is 0 Å². The van der Waals surface area contributed by atoms with E-state index in [-0.39, 0.29) is 0 Å². The van der Waals surface area contributed by atoms with Crippen molar-refractivity contribution in [3.8, 4) is 0 Å². The molecule has 0 aliphatic carbocycles.